The molecular formula is C15H15ClFNO3. The summed E-state index contributed by atoms with van der Waals surface area (Å²) in [6.45, 7) is 1.75. The van der Waals surface area contributed by atoms with E-state index in [-0.39, 0.29) is 23.0 Å². The average molecular weight is 312 g/mol. The summed E-state index contributed by atoms with van der Waals surface area (Å²) >= 11 is 5.57. The summed E-state index contributed by atoms with van der Waals surface area (Å²) in [5.41, 5.74) is 0.177. The van der Waals surface area contributed by atoms with Gasteiger partial charge in [-0.1, -0.05) is 11.6 Å². The molecule has 1 aromatic carbocycles. The second kappa shape index (κ2) is 6.74. The third kappa shape index (κ3) is 4.06. The van der Waals surface area contributed by atoms with E-state index in [4.69, 9.17) is 16.0 Å². The van der Waals surface area contributed by atoms with Crippen LogP contribution in [-0.4, -0.2) is 17.1 Å². The van der Waals surface area contributed by atoms with Crippen molar-refractivity contribution in [3.63, 3.8) is 0 Å². The van der Waals surface area contributed by atoms with Crippen LogP contribution in [0.5, 0.6) is 0 Å². The molecule has 0 fully saturated rings. The van der Waals surface area contributed by atoms with E-state index < -0.39 is 17.8 Å². The Morgan fingerprint density at radius 2 is 2.24 bits per heavy atom. The maximum atomic E-state index is 13.3. The third-order valence-corrected chi connectivity index (χ3v) is 3.31. The molecule has 112 valence electrons. The van der Waals surface area contributed by atoms with E-state index in [1.165, 1.54) is 18.4 Å². The van der Waals surface area contributed by atoms with E-state index in [0.29, 0.717) is 5.76 Å². The first-order valence-corrected chi connectivity index (χ1v) is 6.82. The number of carbonyl (C=O) groups excluding carboxylic acids is 1. The number of amides is 1. The highest BCUT2D eigenvalue weighted by molar-refractivity contribution is 6.30. The molecule has 2 rings (SSSR count). The van der Waals surface area contributed by atoms with Crippen LogP contribution in [0.25, 0.3) is 0 Å². The molecule has 1 aromatic heterocycles. The Balaban J connectivity index is 1.94. The summed E-state index contributed by atoms with van der Waals surface area (Å²) in [6, 6.07) is 6.88. The number of aliphatic hydroxyl groups is 1. The summed E-state index contributed by atoms with van der Waals surface area (Å²) < 4.78 is 18.4. The van der Waals surface area contributed by atoms with Crippen LogP contribution in [0.2, 0.25) is 5.02 Å². The fourth-order valence-corrected chi connectivity index (χ4v) is 2.05. The molecule has 2 unspecified atom stereocenters. The molecule has 0 spiro atoms. The maximum Gasteiger partial charge on any atom is 0.251 e. The molecule has 0 saturated carbocycles. The lowest BCUT2D eigenvalue weighted by Crippen LogP contribution is -2.33. The van der Waals surface area contributed by atoms with E-state index in [2.05, 4.69) is 5.32 Å². The van der Waals surface area contributed by atoms with Crippen LogP contribution in [0.3, 0.4) is 0 Å². The van der Waals surface area contributed by atoms with Gasteiger partial charge in [-0.2, -0.15) is 0 Å². The molecule has 1 heterocycles. The zero-order valence-electron chi connectivity index (χ0n) is 11.3. The SMILES string of the molecule is CC(CC(O)c1ccco1)NC(=O)c1ccc(Cl)c(F)c1. The largest absolute Gasteiger partial charge is 0.467 e. The van der Waals surface area contributed by atoms with Crippen LogP contribution in [0.1, 0.15) is 35.6 Å². The van der Waals surface area contributed by atoms with Gasteiger partial charge in [-0.25, -0.2) is 4.39 Å². The van der Waals surface area contributed by atoms with Gasteiger partial charge in [-0.15, -0.1) is 0 Å². The van der Waals surface area contributed by atoms with Crippen LogP contribution < -0.4 is 5.32 Å². The predicted molar refractivity (Wildman–Crippen MR) is 76.6 cm³/mol. The van der Waals surface area contributed by atoms with Gasteiger partial charge < -0.3 is 14.8 Å². The van der Waals surface area contributed by atoms with Gasteiger partial charge in [0.15, 0.2) is 0 Å². The lowest BCUT2D eigenvalue weighted by molar-refractivity contribution is 0.0902. The lowest BCUT2D eigenvalue weighted by atomic mass is 10.1. The maximum absolute atomic E-state index is 13.3. The molecule has 4 nitrogen and oxygen atoms in total. The molecule has 2 aromatic rings. The van der Waals surface area contributed by atoms with E-state index in [1.807, 2.05) is 0 Å². The van der Waals surface area contributed by atoms with Gasteiger partial charge in [0.25, 0.3) is 5.91 Å². The molecule has 21 heavy (non-hydrogen) atoms. The van der Waals surface area contributed by atoms with Crippen molar-refractivity contribution in [2.24, 2.45) is 0 Å². The molecule has 0 aliphatic carbocycles. The van der Waals surface area contributed by atoms with E-state index in [1.54, 1.807) is 19.1 Å². The number of benzene rings is 1. The van der Waals surface area contributed by atoms with Gasteiger partial charge in [-0.05, 0) is 37.3 Å². The first kappa shape index (κ1) is 15.5. The summed E-state index contributed by atoms with van der Waals surface area (Å²) in [5, 5.41) is 12.6. The molecule has 2 atom stereocenters. The summed E-state index contributed by atoms with van der Waals surface area (Å²) in [6.07, 6.45) is 0.949. The second-order valence-corrected chi connectivity index (χ2v) is 5.18. The Labute approximate surface area is 126 Å². The lowest BCUT2D eigenvalue weighted by Gasteiger charge is -2.16. The Morgan fingerprint density at radius 3 is 2.86 bits per heavy atom. The van der Waals surface area contributed by atoms with Crippen molar-refractivity contribution in [3.05, 3.63) is 58.8 Å². The first-order chi connectivity index (χ1) is 9.97. The Hall–Kier alpha value is -1.85. The van der Waals surface area contributed by atoms with Gasteiger partial charge in [0.1, 0.15) is 17.7 Å². The van der Waals surface area contributed by atoms with Crippen molar-refractivity contribution in [3.8, 4) is 0 Å². The van der Waals surface area contributed by atoms with Crippen LogP contribution >= 0.6 is 11.6 Å². The van der Waals surface area contributed by atoms with Crippen molar-refractivity contribution >= 4 is 17.5 Å². The van der Waals surface area contributed by atoms with Gasteiger partial charge in [0, 0.05) is 18.0 Å². The van der Waals surface area contributed by atoms with Crippen molar-refractivity contribution < 1.29 is 18.7 Å². The van der Waals surface area contributed by atoms with Crippen LogP contribution in [0.15, 0.2) is 41.0 Å². The summed E-state index contributed by atoms with van der Waals surface area (Å²) in [4.78, 5) is 12.0. The van der Waals surface area contributed by atoms with E-state index in [9.17, 15) is 14.3 Å². The fourth-order valence-electron chi connectivity index (χ4n) is 1.94. The molecule has 0 bridgehead atoms. The van der Waals surface area contributed by atoms with Crippen molar-refractivity contribution in [1.29, 1.82) is 0 Å². The number of nitrogens with one attached hydrogen (secondary N) is 1. The highest BCUT2D eigenvalue weighted by Gasteiger charge is 2.17. The number of furan rings is 1. The number of halogens is 2. The Kier molecular flexibility index (Phi) is 4.98. The standard InChI is InChI=1S/C15H15ClFNO3/c1-9(7-13(19)14-3-2-6-21-14)18-15(20)10-4-5-11(16)12(17)8-10/h2-6,8-9,13,19H,7H2,1H3,(H,18,20). The number of aliphatic hydroxyl groups excluding tert-OH is 1. The Morgan fingerprint density at radius 1 is 1.48 bits per heavy atom. The first-order valence-electron chi connectivity index (χ1n) is 6.44. The van der Waals surface area contributed by atoms with Crippen molar-refractivity contribution in [2.45, 2.75) is 25.5 Å². The minimum Gasteiger partial charge on any atom is -0.467 e. The number of rotatable bonds is 5. The van der Waals surface area contributed by atoms with Crippen LogP contribution in [0, 0.1) is 5.82 Å². The molecule has 1 amide bonds. The van der Waals surface area contributed by atoms with Gasteiger partial charge in [0.2, 0.25) is 0 Å². The highest BCUT2D eigenvalue weighted by Crippen LogP contribution is 2.19. The molecule has 0 radical (unpaired) electrons. The quantitative estimate of drug-likeness (QED) is 0.890. The smallest absolute Gasteiger partial charge is 0.251 e. The van der Waals surface area contributed by atoms with Gasteiger partial charge >= 0.3 is 0 Å². The average Bonchev–Trinajstić information content (AvgIpc) is 2.95. The van der Waals surface area contributed by atoms with Gasteiger partial charge in [-0.3, -0.25) is 4.79 Å². The zero-order valence-corrected chi connectivity index (χ0v) is 12.1. The van der Waals surface area contributed by atoms with Crippen molar-refractivity contribution in [2.75, 3.05) is 0 Å². The highest BCUT2D eigenvalue weighted by atomic mass is 35.5. The minimum absolute atomic E-state index is 0.0344. The van der Waals surface area contributed by atoms with Crippen LogP contribution in [0.4, 0.5) is 4.39 Å². The molecule has 2 N–H and O–H groups in total. The van der Waals surface area contributed by atoms with E-state index >= 15 is 0 Å². The Bertz CT molecular complexity index is 615. The number of hydrogen-bond donors (Lipinski definition) is 2. The number of hydrogen-bond acceptors (Lipinski definition) is 3. The molecule has 0 aliphatic heterocycles. The fraction of sp³-hybridized carbons (Fsp3) is 0.267. The summed E-state index contributed by atoms with van der Waals surface area (Å²) in [5.74, 6) is -0.633. The topological polar surface area (TPSA) is 62.5 Å². The van der Waals surface area contributed by atoms with E-state index in [0.717, 1.165) is 6.07 Å². The molecule has 6 heteroatoms. The van der Waals surface area contributed by atoms with Gasteiger partial charge in [0.05, 0.1) is 11.3 Å². The number of carbonyl (C=O) groups is 1. The molecule has 0 aliphatic rings. The monoisotopic (exact) mass is 311 g/mol. The zero-order chi connectivity index (χ0) is 15.4. The van der Waals surface area contributed by atoms with Crippen molar-refractivity contribution in [1.82, 2.24) is 5.32 Å². The second-order valence-electron chi connectivity index (χ2n) is 4.77. The predicted octanol–water partition coefficient (Wildman–Crippen LogP) is 3.31. The molecule has 0 saturated heterocycles. The summed E-state index contributed by atoms with van der Waals surface area (Å²) in [7, 11) is 0. The minimum atomic E-state index is -0.808. The third-order valence-electron chi connectivity index (χ3n) is 3.01. The normalized spacial score (nSPS) is 13.7. The van der Waals surface area contributed by atoms with Crippen LogP contribution in [-0.2, 0) is 0 Å². The molecular weight excluding hydrogens is 297 g/mol.